The van der Waals surface area contributed by atoms with Crippen molar-refractivity contribution in [2.45, 2.75) is 19.1 Å². The molecule has 32 heavy (non-hydrogen) atoms. The number of carbonyl (C=O) groups is 2. The van der Waals surface area contributed by atoms with E-state index in [4.69, 9.17) is 27.9 Å². The van der Waals surface area contributed by atoms with E-state index in [9.17, 15) is 9.59 Å². The normalized spacial score (nSPS) is 18.2. The molecule has 6 nitrogen and oxygen atoms in total. The van der Waals surface area contributed by atoms with Crippen LogP contribution in [-0.4, -0.2) is 85.5 Å². The van der Waals surface area contributed by atoms with Gasteiger partial charge in [0.25, 0.3) is 11.8 Å². The summed E-state index contributed by atoms with van der Waals surface area (Å²) in [7, 11) is 3.47. The third kappa shape index (κ3) is 5.81. The number of methoxy groups -OCH3 is 1. The van der Waals surface area contributed by atoms with Gasteiger partial charge in [0.1, 0.15) is 0 Å². The van der Waals surface area contributed by atoms with Crippen LogP contribution in [0.3, 0.4) is 0 Å². The molecule has 1 heterocycles. The summed E-state index contributed by atoms with van der Waals surface area (Å²) in [4.78, 5) is 31.5. The summed E-state index contributed by atoms with van der Waals surface area (Å²) in [5, 5.41) is 1.20. The lowest BCUT2D eigenvalue weighted by Gasteiger charge is -2.32. The predicted molar refractivity (Wildman–Crippen MR) is 128 cm³/mol. The summed E-state index contributed by atoms with van der Waals surface area (Å²) in [6.45, 7) is 5.21. The Hall–Kier alpha value is -2.12. The van der Waals surface area contributed by atoms with Crippen LogP contribution < -0.4 is 0 Å². The van der Waals surface area contributed by atoms with Crippen molar-refractivity contribution in [2.24, 2.45) is 0 Å². The molecule has 172 valence electrons. The highest BCUT2D eigenvalue weighted by Gasteiger charge is 2.38. The molecule has 1 saturated heterocycles. The Balaban J connectivity index is 1.62. The summed E-state index contributed by atoms with van der Waals surface area (Å²) in [5.41, 5.74) is 1.22. The molecule has 0 saturated carbocycles. The third-order valence-corrected chi connectivity index (χ3v) is 6.46. The number of nitrogens with zero attached hydrogens (tertiary/aromatic N) is 3. The number of likely N-dealkylation sites (tertiary alicyclic amines) is 1. The number of likely N-dealkylation sites (N-methyl/N-ethyl adjacent to an activating group) is 2. The highest BCUT2D eigenvalue weighted by Crippen LogP contribution is 2.22. The molecule has 8 heteroatoms. The van der Waals surface area contributed by atoms with Gasteiger partial charge in [0, 0.05) is 61.5 Å². The van der Waals surface area contributed by atoms with Gasteiger partial charge in [0.05, 0.1) is 12.1 Å². The topological polar surface area (TPSA) is 53.1 Å². The maximum Gasteiger partial charge on any atom is 0.253 e. The highest BCUT2D eigenvalue weighted by molar-refractivity contribution is 6.31. The van der Waals surface area contributed by atoms with Crippen LogP contribution in [0, 0.1) is 0 Å². The van der Waals surface area contributed by atoms with Gasteiger partial charge in [-0.05, 0) is 55.1 Å². The number of hydrogen-bond donors (Lipinski definition) is 0. The van der Waals surface area contributed by atoms with Gasteiger partial charge >= 0.3 is 0 Å². The van der Waals surface area contributed by atoms with Gasteiger partial charge < -0.3 is 14.5 Å². The first-order valence-corrected chi connectivity index (χ1v) is 11.4. The Bertz CT molecular complexity index is 921. The Labute approximate surface area is 199 Å². The summed E-state index contributed by atoms with van der Waals surface area (Å²) in [5.74, 6) is -0.0794. The molecule has 0 N–H and O–H groups in total. The van der Waals surface area contributed by atoms with Gasteiger partial charge in [0.15, 0.2) is 0 Å². The molecular formula is C24H29Cl2N3O3. The smallest absolute Gasteiger partial charge is 0.253 e. The van der Waals surface area contributed by atoms with E-state index in [2.05, 4.69) is 11.8 Å². The third-order valence-electron chi connectivity index (χ3n) is 5.95. The highest BCUT2D eigenvalue weighted by atomic mass is 35.5. The van der Waals surface area contributed by atoms with Crippen LogP contribution in [0.5, 0.6) is 0 Å². The zero-order valence-electron chi connectivity index (χ0n) is 18.6. The largest absolute Gasteiger partial charge is 0.378 e. The first-order valence-electron chi connectivity index (χ1n) is 10.7. The van der Waals surface area contributed by atoms with Crippen molar-refractivity contribution >= 4 is 35.0 Å². The van der Waals surface area contributed by atoms with Gasteiger partial charge in [-0.2, -0.15) is 0 Å². The lowest BCUT2D eigenvalue weighted by molar-refractivity contribution is 0.0406. The van der Waals surface area contributed by atoms with Crippen molar-refractivity contribution in [1.29, 1.82) is 0 Å². The van der Waals surface area contributed by atoms with E-state index < -0.39 is 0 Å². The maximum absolute atomic E-state index is 13.0. The molecule has 0 aromatic heterocycles. The summed E-state index contributed by atoms with van der Waals surface area (Å²) in [6.07, 6.45) is -0.0940. The minimum Gasteiger partial charge on any atom is -0.378 e. The second-order valence-electron chi connectivity index (χ2n) is 7.92. The molecule has 3 rings (SSSR count). The van der Waals surface area contributed by atoms with Crippen molar-refractivity contribution in [1.82, 2.24) is 14.7 Å². The fourth-order valence-corrected chi connectivity index (χ4v) is 4.28. The van der Waals surface area contributed by atoms with Crippen molar-refractivity contribution in [3.63, 3.8) is 0 Å². The number of benzene rings is 2. The van der Waals surface area contributed by atoms with E-state index in [1.165, 1.54) is 0 Å². The van der Waals surface area contributed by atoms with Crippen LogP contribution in [-0.2, 0) is 4.74 Å². The molecule has 0 spiro atoms. The zero-order valence-corrected chi connectivity index (χ0v) is 20.1. The maximum atomic E-state index is 13.0. The molecule has 1 aliphatic heterocycles. The fourth-order valence-electron chi connectivity index (χ4n) is 4.03. The summed E-state index contributed by atoms with van der Waals surface area (Å²) >= 11 is 11.9. The van der Waals surface area contributed by atoms with Gasteiger partial charge in [-0.3, -0.25) is 14.5 Å². The van der Waals surface area contributed by atoms with E-state index in [1.54, 1.807) is 67.6 Å². The number of halogens is 2. The van der Waals surface area contributed by atoms with Crippen LogP contribution in [0.15, 0.2) is 48.5 Å². The second-order valence-corrected chi connectivity index (χ2v) is 8.79. The number of rotatable bonds is 8. The van der Waals surface area contributed by atoms with E-state index in [0.717, 1.165) is 6.54 Å². The van der Waals surface area contributed by atoms with Crippen LogP contribution >= 0.6 is 23.2 Å². The monoisotopic (exact) mass is 477 g/mol. The Kier molecular flexibility index (Phi) is 8.54. The van der Waals surface area contributed by atoms with E-state index in [-0.39, 0.29) is 24.0 Å². The van der Waals surface area contributed by atoms with Gasteiger partial charge in [0.2, 0.25) is 0 Å². The molecule has 0 aliphatic carbocycles. The summed E-state index contributed by atoms with van der Waals surface area (Å²) < 4.78 is 5.73. The Morgan fingerprint density at radius 2 is 1.53 bits per heavy atom. The van der Waals surface area contributed by atoms with Gasteiger partial charge in [-0.25, -0.2) is 0 Å². The van der Waals surface area contributed by atoms with E-state index >= 15 is 0 Å². The number of hydrogen-bond acceptors (Lipinski definition) is 4. The van der Waals surface area contributed by atoms with Crippen LogP contribution in [0.2, 0.25) is 10.0 Å². The quantitative estimate of drug-likeness (QED) is 0.577. The molecule has 0 unspecified atom stereocenters. The van der Waals surface area contributed by atoms with Crippen molar-refractivity contribution in [3.8, 4) is 0 Å². The number of carbonyl (C=O) groups excluding carboxylic acids is 2. The lowest BCUT2D eigenvalue weighted by Crippen LogP contribution is -2.47. The number of amides is 2. The van der Waals surface area contributed by atoms with Gasteiger partial charge in [-0.1, -0.05) is 30.1 Å². The van der Waals surface area contributed by atoms with Crippen molar-refractivity contribution in [3.05, 3.63) is 69.7 Å². The average molecular weight is 478 g/mol. The van der Waals surface area contributed by atoms with Crippen molar-refractivity contribution < 1.29 is 14.3 Å². The van der Waals surface area contributed by atoms with E-state index in [0.29, 0.717) is 47.4 Å². The van der Waals surface area contributed by atoms with Crippen LogP contribution in [0.25, 0.3) is 0 Å². The molecule has 2 amide bonds. The zero-order chi connectivity index (χ0) is 23.3. The Morgan fingerprint density at radius 1 is 0.969 bits per heavy atom. The van der Waals surface area contributed by atoms with Gasteiger partial charge in [-0.15, -0.1) is 0 Å². The lowest BCUT2D eigenvalue weighted by atomic mass is 10.1. The SMILES string of the molecule is CCN(CCN(C)C(=O)c1ccc(Cl)cc1)[C@@H]1CN(C(=O)c2ccc(Cl)cc2)C[C@H]1OC. The average Bonchev–Trinajstić information content (AvgIpc) is 3.23. The fraction of sp³-hybridized carbons (Fsp3) is 0.417. The molecule has 0 bridgehead atoms. The summed E-state index contributed by atoms with van der Waals surface area (Å²) in [6, 6.07) is 13.9. The molecular weight excluding hydrogens is 449 g/mol. The molecule has 1 fully saturated rings. The Morgan fingerprint density at radius 3 is 2.06 bits per heavy atom. The molecule has 0 radical (unpaired) electrons. The molecule has 1 aliphatic rings. The molecule has 2 aromatic carbocycles. The van der Waals surface area contributed by atoms with Crippen LogP contribution in [0.4, 0.5) is 0 Å². The standard InChI is InChI=1S/C24H29Cl2N3O3/c1-4-28(14-13-27(2)23(30)17-5-9-19(25)10-6-17)21-15-29(16-22(21)32-3)24(31)18-7-11-20(26)12-8-18/h5-12,21-22H,4,13-16H2,1-3H3/t21-,22-/m1/s1. The first-order chi connectivity index (χ1) is 15.3. The second kappa shape index (κ2) is 11.1. The minimum absolute atomic E-state index is 0.0303. The van der Waals surface area contributed by atoms with E-state index in [1.807, 2.05) is 4.90 Å². The van der Waals surface area contributed by atoms with Crippen molar-refractivity contribution in [2.75, 3.05) is 46.9 Å². The predicted octanol–water partition coefficient (Wildman–Crippen LogP) is 3.93. The molecule has 2 atom stereocenters. The number of ether oxygens (including phenoxy) is 1. The van der Waals surface area contributed by atoms with Crippen LogP contribution in [0.1, 0.15) is 27.6 Å². The minimum atomic E-state index is -0.0940. The first kappa shape index (κ1) is 24.5. The molecule has 2 aromatic rings.